The van der Waals surface area contributed by atoms with E-state index in [1.807, 2.05) is 54.1 Å². The summed E-state index contributed by atoms with van der Waals surface area (Å²) in [6.45, 7) is 4.43. The van der Waals surface area contributed by atoms with Crippen molar-refractivity contribution in [2.45, 2.75) is 26.9 Å². The molecule has 0 spiro atoms. The van der Waals surface area contributed by atoms with Gasteiger partial charge in [-0.25, -0.2) is 14.8 Å². The van der Waals surface area contributed by atoms with Gasteiger partial charge < -0.3 is 9.13 Å². The third-order valence-electron chi connectivity index (χ3n) is 5.01. The second-order valence-corrected chi connectivity index (χ2v) is 6.68. The van der Waals surface area contributed by atoms with Gasteiger partial charge in [-0.3, -0.25) is 13.9 Å². The van der Waals surface area contributed by atoms with Gasteiger partial charge in [-0.2, -0.15) is 0 Å². The zero-order valence-electron chi connectivity index (χ0n) is 16.6. The highest BCUT2D eigenvalue weighted by molar-refractivity contribution is 5.76. The van der Waals surface area contributed by atoms with E-state index in [4.69, 9.17) is 0 Å². The molecule has 0 saturated heterocycles. The molecular formula is C21H22N6O2. The quantitative estimate of drug-likeness (QED) is 0.524. The lowest BCUT2D eigenvalue weighted by atomic mass is 10.2. The van der Waals surface area contributed by atoms with Gasteiger partial charge in [-0.05, 0) is 37.6 Å². The summed E-state index contributed by atoms with van der Waals surface area (Å²) in [5.41, 5.74) is 2.20. The fourth-order valence-electron chi connectivity index (χ4n) is 3.46. The van der Waals surface area contributed by atoms with Crippen molar-refractivity contribution >= 4 is 23.3 Å². The Morgan fingerprint density at radius 3 is 2.55 bits per heavy atom. The lowest BCUT2D eigenvalue weighted by molar-refractivity contribution is 0.604. The van der Waals surface area contributed by atoms with Crippen molar-refractivity contribution < 1.29 is 0 Å². The van der Waals surface area contributed by atoms with Gasteiger partial charge in [-0.15, -0.1) is 0 Å². The maximum atomic E-state index is 12.8. The van der Waals surface area contributed by atoms with Crippen LogP contribution in [0.1, 0.15) is 25.2 Å². The first-order chi connectivity index (χ1) is 14.0. The summed E-state index contributed by atoms with van der Waals surface area (Å²) < 4.78 is 6.46. The minimum absolute atomic E-state index is 0.311. The van der Waals surface area contributed by atoms with E-state index in [-0.39, 0.29) is 11.2 Å². The molecule has 0 aliphatic carbocycles. The monoisotopic (exact) mass is 390 g/mol. The number of aromatic nitrogens is 6. The Morgan fingerprint density at radius 1 is 1.07 bits per heavy atom. The summed E-state index contributed by atoms with van der Waals surface area (Å²) in [5, 5.41) is 0. The zero-order chi connectivity index (χ0) is 20.5. The molecule has 29 heavy (non-hydrogen) atoms. The number of rotatable bonds is 5. The van der Waals surface area contributed by atoms with Crippen LogP contribution in [-0.2, 0) is 20.1 Å². The molecule has 3 aromatic heterocycles. The van der Waals surface area contributed by atoms with Crippen LogP contribution < -0.4 is 11.2 Å². The Kier molecular flexibility index (Phi) is 4.75. The molecule has 8 nitrogen and oxygen atoms in total. The van der Waals surface area contributed by atoms with Crippen LogP contribution >= 0.6 is 0 Å². The summed E-state index contributed by atoms with van der Waals surface area (Å²) in [6, 6.07) is 8.00. The van der Waals surface area contributed by atoms with E-state index < -0.39 is 0 Å². The molecule has 0 bridgehead atoms. The number of benzene rings is 1. The van der Waals surface area contributed by atoms with Crippen LogP contribution in [0, 0.1) is 0 Å². The molecule has 0 unspecified atom stereocenters. The second-order valence-electron chi connectivity index (χ2n) is 6.68. The number of imidazole rings is 2. The number of hydrogen-bond acceptors (Lipinski definition) is 4. The fourth-order valence-corrected chi connectivity index (χ4v) is 3.46. The standard InChI is InChI=1S/C21H22N6O2/c1-4-26-19-18(20(28)27(5-2)21(26)29)24(3)17(23-19)10-9-15-7-6-8-16(13-15)25-12-11-22-14-25/h6-14H,4-5H2,1-3H3/b10-9+. The van der Waals surface area contributed by atoms with Crippen molar-refractivity contribution in [2.24, 2.45) is 7.05 Å². The molecule has 0 aliphatic rings. The van der Waals surface area contributed by atoms with Crippen molar-refractivity contribution in [3.8, 4) is 5.69 Å². The van der Waals surface area contributed by atoms with E-state index in [0.717, 1.165) is 11.3 Å². The number of hydrogen-bond donors (Lipinski definition) is 0. The van der Waals surface area contributed by atoms with E-state index in [1.165, 1.54) is 9.13 Å². The molecular weight excluding hydrogens is 368 g/mol. The SMILES string of the molecule is CCn1c(=O)c2c(nc(/C=C/c3cccc(-n4ccnc4)c3)n2C)n(CC)c1=O. The molecule has 0 radical (unpaired) electrons. The molecule has 0 saturated carbocycles. The summed E-state index contributed by atoms with van der Waals surface area (Å²) in [4.78, 5) is 34.0. The number of aryl methyl sites for hydroxylation is 2. The predicted molar refractivity (Wildman–Crippen MR) is 113 cm³/mol. The fraction of sp³-hybridized carbons (Fsp3) is 0.238. The summed E-state index contributed by atoms with van der Waals surface area (Å²) in [7, 11) is 1.79. The van der Waals surface area contributed by atoms with Crippen LogP contribution in [0.25, 0.3) is 29.0 Å². The molecule has 4 rings (SSSR count). The first-order valence-electron chi connectivity index (χ1n) is 9.51. The Balaban J connectivity index is 1.81. The van der Waals surface area contributed by atoms with E-state index >= 15 is 0 Å². The first kappa shape index (κ1) is 18.7. The van der Waals surface area contributed by atoms with Gasteiger partial charge in [-0.1, -0.05) is 18.2 Å². The molecule has 148 valence electrons. The Hall–Kier alpha value is -3.68. The van der Waals surface area contributed by atoms with Crippen LogP contribution in [0.3, 0.4) is 0 Å². The maximum absolute atomic E-state index is 12.8. The van der Waals surface area contributed by atoms with Crippen molar-refractivity contribution in [1.29, 1.82) is 0 Å². The molecule has 3 heterocycles. The van der Waals surface area contributed by atoms with Gasteiger partial charge in [0.05, 0.1) is 6.33 Å². The largest absolute Gasteiger partial charge is 0.332 e. The second kappa shape index (κ2) is 7.38. The normalized spacial score (nSPS) is 11.7. The van der Waals surface area contributed by atoms with Crippen molar-refractivity contribution in [2.75, 3.05) is 0 Å². The Labute approximate surface area is 167 Å². The van der Waals surface area contributed by atoms with Gasteiger partial charge in [0.15, 0.2) is 11.2 Å². The van der Waals surface area contributed by atoms with Crippen molar-refractivity contribution in [1.82, 2.24) is 28.2 Å². The van der Waals surface area contributed by atoms with E-state index in [2.05, 4.69) is 9.97 Å². The Bertz CT molecular complexity index is 1320. The molecule has 0 fully saturated rings. The highest BCUT2D eigenvalue weighted by Gasteiger charge is 2.17. The highest BCUT2D eigenvalue weighted by atomic mass is 16.2. The highest BCUT2D eigenvalue weighted by Crippen LogP contribution is 2.15. The minimum atomic E-state index is -0.325. The summed E-state index contributed by atoms with van der Waals surface area (Å²) in [6.07, 6.45) is 9.16. The van der Waals surface area contributed by atoms with Gasteiger partial charge in [0.1, 0.15) is 5.82 Å². The molecule has 8 heteroatoms. The van der Waals surface area contributed by atoms with Crippen molar-refractivity contribution in [3.05, 3.63) is 75.2 Å². The lowest BCUT2D eigenvalue weighted by Gasteiger charge is -2.08. The van der Waals surface area contributed by atoms with Crippen LogP contribution in [-0.4, -0.2) is 28.2 Å². The van der Waals surface area contributed by atoms with Gasteiger partial charge >= 0.3 is 5.69 Å². The maximum Gasteiger partial charge on any atom is 0.332 e. The topological polar surface area (TPSA) is 79.6 Å². The molecule has 0 atom stereocenters. The average Bonchev–Trinajstić information content (AvgIpc) is 3.36. The van der Waals surface area contributed by atoms with Crippen LogP contribution in [0.5, 0.6) is 0 Å². The summed E-state index contributed by atoms with van der Waals surface area (Å²) in [5.74, 6) is 0.612. The number of fused-ring (bicyclic) bond motifs is 1. The van der Waals surface area contributed by atoms with Crippen LogP contribution in [0.2, 0.25) is 0 Å². The first-order valence-corrected chi connectivity index (χ1v) is 9.51. The van der Waals surface area contributed by atoms with E-state index in [0.29, 0.717) is 30.1 Å². The third-order valence-corrected chi connectivity index (χ3v) is 5.01. The van der Waals surface area contributed by atoms with Gasteiger partial charge in [0, 0.05) is 38.2 Å². The van der Waals surface area contributed by atoms with E-state index in [9.17, 15) is 9.59 Å². The Morgan fingerprint density at radius 2 is 1.86 bits per heavy atom. The summed E-state index contributed by atoms with van der Waals surface area (Å²) >= 11 is 0. The molecule has 4 aromatic rings. The predicted octanol–water partition coefficient (Wildman–Crippen LogP) is 2.29. The van der Waals surface area contributed by atoms with Gasteiger partial charge in [0.25, 0.3) is 5.56 Å². The van der Waals surface area contributed by atoms with Gasteiger partial charge in [0.2, 0.25) is 0 Å². The van der Waals surface area contributed by atoms with Crippen LogP contribution in [0.4, 0.5) is 0 Å². The van der Waals surface area contributed by atoms with E-state index in [1.54, 1.807) is 31.1 Å². The van der Waals surface area contributed by atoms with Crippen LogP contribution in [0.15, 0.2) is 52.6 Å². The molecule has 0 aliphatic heterocycles. The molecule has 1 aromatic carbocycles. The smallest absolute Gasteiger partial charge is 0.322 e. The molecule has 0 amide bonds. The van der Waals surface area contributed by atoms with Crippen molar-refractivity contribution in [3.63, 3.8) is 0 Å². The lowest BCUT2D eigenvalue weighted by Crippen LogP contribution is -2.39. The average molecular weight is 390 g/mol. The zero-order valence-corrected chi connectivity index (χ0v) is 16.6. The third kappa shape index (κ3) is 3.12. The minimum Gasteiger partial charge on any atom is -0.322 e. The number of nitrogens with zero attached hydrogens (tertiary/aromatic N) is 6. The molecule has 0 N–H and O–H groups in total.